The molecule has 344 valence electrons. The van der Waals surface area contributed by atoms with Gasteiger partial charge in [0.05, 0.1) is 19.3 Å². The van der Waals surface area contributed by atoms with Crippen molar-refractivity contribution in [3.8, 4) is 0 Å². The summed E-state index contributed by atoms with van der Waals surface area (Å²) in [5.41, 5.74) is 0. The van der Waals surface area contributed by atoms with Crippen molar-refractivity contribution < 1.29 is 23.8 Å². The largest absolute Gasteiger partial charge is 0.466 e. The van der Waals surface area contributed by atoms with Crippen LogP contribution in [-0.2, 0) is 23.8 Å². The topological polar surface area (TPSA) is 65.1 Å². The second-order valence-electron chi connectivity index (χ2n) is 18.5. The van der Waals surface area contributed by atoms with Gasteiger partial charge in [0.2, 0.25) is 0 Å². The number of carbonyl (C=O) groups excluding carboxylic acids is 2. The number of ether oxygens (including phenoxy) is 3. The van der Waals surface area contributed by atoms with E-state index in [9.17, 15) is 9.59 Å². The van der Waals surface area contributed by atoms with Crippen LogP contribution in [-0.4, -0.2) is 62.4 Å². The van der Waals surface area contributed by atoms with Crippen molar-refractivity contribution in [1.82, 2.24) is 4.90 Å². The lowest BCUT2D eigenvalue weighted by Gasteiger charge is -2.20. The molecule has 58 heavy (non-hydrogen) atoms. The highest BCUT2D eigenvalue weighted by Gasteiger charge is 2.17. The number of nitrogens with zero attached hydrogens (tertiary/aromatic N) is 1. The SMILES string of the molecule is CCCCCC(CCCCC)CC(=O)OCCCCCCCCCC(CCCCCCCCCOC(=O)CC(CCCCC)CCCCC)OCCCN1CCCC1. The van der Waals surface area contributed by atoms with E-state index in [0.717, 1.165) is 25.9 Å². The van der Waals surface area contributed by atoms with Gasteiger partial charge in [-0.1, -0.05) is 182 Å². The molecule has 0 N–H and O–H groups in total. The molecule has 0 amide bonds. The minimum absolute atomic E-state index is 0.0337. The summed E-state index contributed by atoms with van der Waals surface area (Å²) in [5, 5.41) is 0. The lowest BCUT2D eigenvalue weighted by molar-refractivity contribution is -0.146. The summed E-state index contributed by atoms with van der Waals surface area (Å²) in [6.07, 6.45) is 44.9. The summed E-state index contributed by atoms with van der Waals surface area (Å²) in [7, 11) is 0. The average molecular weight is 820 g/mol. The maximum atomic E-state index is 12.5. The van der Waals surface area contributed by atoms with Crippen LogP contribution in [0.1, 0.15) is 265 Å². The van der Waals surface area contributed by atoms with Crippen LogP contribution in [0.3, 0.4) is 0 Å². The molecule has 1 aliphatic rings. The van der Waals surface area contributed by atoms with Gasteiger partial charge in [-0.25, -0.2) is 0 Å². The van der Waals surface area contributed by atoms with Gasteiger partial charge in [0, 0.05) is 26.0 Å². The van der Waals surface area contributed by atoms with Gasteiger partial charge < -0.3 is 19.1 Å². The summed E-state index contributed by atoms with van der Waals surface area (Å²) in [6, 6.07) is 0. The molecule has 0 aliphatic carbocycles. The number of rotatable bonds is 45. The molecule has 6 heteroatoms. The molecular weight excluding hydrogens is 719 g/mol. The van der Waals surface area contributed by atoms with E-state index in [-0.39, 0.29) is 11.9 Å². The number of unbranched alkanes of at least 4 members (excludes halogenated alkanes) is 20. The molecule has 0 bridgehead atoms. The van der Waals surface area contributed by atoms with Crippen LogP contribution < -0.4 is 0 Å². The van der Waals surface area contributed by atoms with Gasteiger partial charge in [0.1, 0.15) is 0 Å². The second-order valence-corrected chi connectivity index (χ2v) is 18.5. The quantitative estimate of drug-likeness (QED) is 0.0450. The van der Waals surface area contributed by atoms with E-state index in [2.05, 4.69) is 32.6 Å². The molecule has 1 rings (SSSR count). The van der Waals surface area contributed by atoms with Crippen molar-refractivity contribution in [3.05, 3.63) is 0 Å². The maximum absolute atomic E-state index is 12.5. The second kappa shape index (κ2) is 42.5. The molecule has 0 radical (unpaired) electrons. The Bertz CT molecular complexity index is 798. The molecule has 1 aliphatic heterocycles. The van der Waals surface area contributed by atoms with Gasteiger partial charge in [-0.15, -0.1) is 0 Å². The molecule has 0 aromatic carbocycles. The Kier molecular flexibility index (Phi) is 40.3. The average Bonchev–Trinajstić information content (AvgIpc) is 3.74. The first-order chi connectivity index (χ1) is 28.5. The molecule has 0 aromatic rings. The molecule has 0 saturated carbocycles. The smallest absolute Gasteiger partial charge is 0.306 e. The van der Waals surface area contributed by atoms with Crippen molar-refractivity contribution >= 4 is 11.9 Å². The lowest BCUT2D eigenvalue weighted by atomic mass is 9.92. The van der Waals surface area contributed by atoms with Gasteiger partial charge >= 0.3 is 11.9 Å². The van der Waals surface area contributed by atoms with Crippen molar-refractivity contribution in [2.75, 3.05) is 39.5 Å². The zero-order valence-electron chi connectivity index (χ0n) is 39.6. The van der Waals surface area contributed by atoms with Gasteiger partial charge in [-0.2, -0.15) is 0 Å². The Morgan fingerprint density at radius 1 is 0.414 bits per heavy atom. The van der Waals surface area contributed by atoms with Crippen LogP contribution in [0.2, 0.25) is 0 Å². The summed E-state index contributed by atoms with van der Waals surface area (Å²) < 4.78 is 17.9. The predicted octanol–water partition coefficient (Wildman–Crippen LogP) is 15.5. The van der Waals surface area contributed by atoms with E-state index in [4.69, 9.17) is 14.2 Å². The third-order valence-corrected chi connectivity index (χ3v) is 12.8. The van der Waals surface area contributed by atoms with Crippen molar-refractivity contribution in [2.45, 2.75) is 271 Å². The first-order valence-corrected chi connectivity index (χ1v) is 26.2. The number of hydrogen-bond donors (Lipinski definition) is 0. The van der Waals surface area contributed by atoms with Crippen LogP contribution in [0.5, 0.6) is 0 Å². The van der Waals surface area contributed by atoms with E-state index < -0.39 is 0 Å². The van der Waals surface area contributed by atoms with Crippen LogP contribution in [0.25, 0.3) is 0 Å². The molecule has 1 saturated heterocycles. The fourth-order valence-corrected chi connectivity index (χ4v) is 8.96. The minimum atomic E-state index is 0.0337. The maximum Gasteiger partial charge on any atom is 0.306 e. The normalized spacial score (nSPS) is 13.4. The van der Waals surface area contributed by atoms with Gasteiger partial charge in [-0.05, 0) is 95.6 Å². The number of esters is 2. The molecule has 0 aromatic heterocycles. The van der Waals surface area contributed by atoms with Crippen LogP contribution in [0.4, 0.5) is 0 Å². The zero-order chi connectivity index (χ0) is 42.0. The molecule has 1 fully saturated rings. The van der Waals surface area contributed by atoms with E-state index in [1.54, 1.807) is 0 Å². The van der Waals surface area contributed by atoms with Crippen molar-refractivity contribution in [2.24, 2.45) is 11.8 Å². The highest BCUT2D eigenvalue weighted by atomic mass is 16.5. The van der Waals surface area contributed by atoms with Crippen molar-refractivity contribution in [3.63, 3.8) is 0 Å². The molecule has 0 unspecified atom stereocenters. The van der Waals surface area contributed by atoms with Gasteiger partial charge in [0.25, 0.3) is 0 Å². The lowest BCUT2D eigenvalue weighted by Crippen LogP contribution is -2.23. The number of carbonyl (C=O) groups is 2. The third kappa shape index (κ3) is 35.6. The first-order valence-electron chi connectivity index (χ1n) is 26.2. The predicted molar refractivity (Wildman–Crippen MR) is 249 cm³/mol. The summed E-state index contributed by atoms with van der Waals surface area (Å²) in [4.78, 5) is 27.7. The highest BCUT2D eigenvalue weighted by molar-refractivity contribution is 5.70. The van der Waals surface area contributed by atoms with Crippen molar-refractivity contribution in [1.29, 1.82) is 0 Å². The number of likely N-dealkylation sites (tertiary alicyclic amines) is 1. The van der Waals surface area contributed by atoms with E-state index in [0.29, 0.717) is 44.0 Å². The zero-order valence-corrected chi connectivity index (χ0v) is 39.6. The minimum Gasteiger partial charge on any atom is -0.466 e. The van der Waals surface area contributed by atoms with Crippen LogP contribution in [0.15, 0.2) is 0 Å². The fraction of sp³-hybridized carbons (Fsp3) is 0.962. The summed E-state index contributed by atoms with van der Waals surface area (Å²) in [5.74, 6) is 1.10. The van der Waals surface area contributed by atoms with Gasteiger partial charge in [0.15, 0.2) is 0 Å². The van der Waals surface area contributed by atoms with Crippen LogP contribution in [0, 0.1) is 11.8 Å². The van der Waals surface area contributed by atoms with E-state index in [1.165, 1.54) is 225 Å². The Labute approximate surface area is 362 Å². The number of hydrogen-bond acceptors (Lipinski definition) is 6. The third-order valence-electron chi connectivity index (χ3n) is 12.8. The standard InChI is InChI=1S/C52H101NO5/c1-5-9-23-34-48(35-24-10-6-2)46-51(54)57-43-31-21-17-13-15-19-27-38-50(56-45-33-42-53-40-29-30-41-53)39-28-20-16-14-18-22-32-44-58-52(55)47-49(36-25-11-7-3)37-26-12-8-4/h48-50H,5-47H2,1-4H3. The molecule has 1 heterocycles. The van der Waals surface area contributed by atoms with E-state index >= 15 is 0 Å². The molecule has 0 atom stereocenters. The highest BCUT2D eigenvalue weighted by Crippen LogP contribution is 2.24. The van der Waals surface area contributed by atoms with Crippen LogP contribution >= 0.6 is 0 Å². The fourth-order valence-electron chi connectivity index (χ4n) is 8.96. The Balaban J connectivity index is 2.18. The first kappa shape index (κ1) is 54.9. The monoisotopic (exact) mass is 820 g/mol. The van der Waals surface area contributed by atoms with Gasteiger partial charge in [-0.3, -0.25) is 9.59 Å². The summed E-state index contributed by atoms with van der Waals surface area (Å²) in [6.45, 7) is 14.9. The van der Waals surface area contributed by atoms with E-state index in [1.807, 2.05) is 0 Å². The molecule has 6 nitrogen and oxygen atoms in total. The Morgan fingerprint density at radius 3 is 1.14 bits per heavy atom. The molecule has 0 spiro atoms. The Hall–Kier alpha value is -1.14. The summed E-state index contributed by atoms with van der Waals surface area (Å²) >= 11 is 0. The molecular formula is C52H101NO5. The Morgan fingerprint density at radius 2 is 0.759 bits per heavy atom.